The molecule has 1 heterocycles. The highest BCUT2D eigenvalue weighted by molar-refractivity contribution is 4.95. The second kappa shape index (κ2) is 2.09. The lowest BCUT2D eigenvalue weighted by atomic mass is 10.3. The van der Waals surface area contributed by atoms with E-state index in [1.165, 1.54) is 0 Å². The quantitative estimate of drug-likeness (QED) is 0.414. The van der Waals surface area contributed by atoms with Gasteiger partial charge in [0.05, 0.1) is 13.2 Å². The molecule has 0 amide bonds. The van der Waals surface area contributed by atoms with Crippen molar-refractivity contribution >= 4 is 0 Å². The van der Waals surface area contributed by atoms with Gasteiger partial charge in [-0.2, -0.15) is 0 Å². The molecular weight excluding hydrogens is 92.1 g/mol. The molecule has 0 aromatic carbocycles. The van der Waals surface area contributed by atoms with E-state index in [-0.39, 0.29) is 0 Å². The molecule has 1 aliphatic rings. The van der Waals surface area contributed by atoms with Gasteiger partial charge in [-0.3, -0.25) is 0 Å². The van der Waals surface area contributed by atoms with E-state index in [1.54, 1.807) is 0 Å². The van der Waals surface area contributed by atoms with Gasteiger partial charge in [0.1, 0.15) is 6.79 Å². The third-order valence-electron chi connectivity index (χ3n) is 0.779. The Morgan fingerprint density at radius 1 is 1.29 bits per heavy atom. The molecule has 1 fully saturated rings. The zero-order valence-electron chi connectivity index (χ0n) is 4.14. The molecule has 0 saturated carbocycles. The van der Waals surface area contributed by atoms with E-state index >= 15 is 0 Å². The first-order chi connectivity index (χ1) is 3.39. The SMILES string of the molecule is C=C1COCOC1. The molecule has 0 aromatic heterocycles. The van der Waals surface area contributed by atoms with Crippen molar-refractivity contribution in [3.05, 3.63) is 12.2 Å². The third-order valence-corrected chi connectivity index (χ3v) is 0.779. The van der Waals surface area contributed by atoms with E-state index in [2.05, 4.69) is 6.58 Å². The molecule has 0 radical (unpaired) electrons. The molecule has 0 spiro atoms. The molecule has 0 atom stereocenters. The Morgan fingerprint density at radius 2 is 1.86 bits per heavy atom. The fraction of sp³-hybridized carbons (Fsp3) is 0.600. The molecule has 0 aliphatic carbocycles. The first-order valence-electron chi connectivity index (χ1n) is 2.22. The predicted octanol–water partition coefficient (Wildman–Crippen LogP) is 0.547. The van der Waals surface area contributed by atoms with E-state index in [1.807, 2.05) is 0 Å². The Kier molecular flexibility index (Phi) is 1.44. The Balaban J connectivity index is 2.25. The fourth-order valence-electron chi connectivity index (χ4n) is 0.473. The average molecular weight is 100 g/mol. The van der Waals surface area contributed by atoms with Crippen LogP contribution in [0.25, 0.3) is 0 Å². The summed E-state index contributed by atoms with van der Waals surface area (Å²) in [6.07, 6.45) is 0. The minimum Gasteiger partial charge on any atom is -0.351 e. The van der Waals surface area contributed by atoms with Crippen molar-refractivity contribution in [1.29, 1.82) is 0 Å². The molecule has 0 N–H and O–H groups in total. The zero-order chi connectivity index (χ0) is 5.11. The Hall–Kier alpha value is -0.340. The van der Waals surface area contributed by atoms with Crippen molar-refractivity contribution in [2.45, 2.75) is 0 Å². The maximum absolute atomic E-state index is 4.86. The van der Waals surface area contributed by atoms with Crippen LogP contribution in [-0.2, 0) is 9.47 Å². The summed E-state index contributed by atoms with van der Waals surface area (Å²) in [5, 5.41) is 0. The molecule has 1 saturated heterocycles. The van der Waals surface area contributed by atoms with E-state index < -0.39 is 0 Å². The van der Waals surface area contributed by atoms with E-state index in [0.29, 0.717) is 20.0 Å². The number of ether oxygens (including phenoxy) is 2. The fourth-order valence-corrected chi connectivity index (χ4v) is 0.473. The first-order valence-corrected chi connectivity index (χ1v) is 2.22. The summed E-state index contributed by atoms with van der Waals surface area (Å²) in [4.78, 5) is 0. The van der Waals surface area contributed by atoms with Gasteiger partial charge >= 0.3 is 0 Å². The van der Waals surface area contributed by atoms with Crippen LogP contribution < -0.4 is 0 Å². The second-order valence-corrected chi connectivity index (χ2v) is 1.56. The molecule has 40 valence electrons. The molecule has 0 bridgehead atoms. The lowest BCUT2D eigenvalue weighted by Gasteiger charge is -2.12. The Labute approximate surface area is 42.7 Å². The zero-order valence-corrected chi connectivity index (χ0v) is 4.14. The summed E-state index contributed by atoms with van der Waals surface area (Å²) in [6.45, 7) is 5.43. The lowest BCUT2D eigenvalue weighted by molar-refractivity contribution is -0.0688. The number of rotatable bonds is 0. The van der Waals surface area contributed by atoms with Gasteiger partial charge in [0.2, 0.25) is 0 Å². The lowest BCUT2D eigenvalue weighted by Crippen LogP contribution is -2.14. The molecule has 2 heteroatoms. The molecule has 1 rings (SSSR count). The van der Waals surface area contributed by atoms with Crippen LogP contribution in [0.3, 0.4) is 0 Å². The summed E-state index contributed by atoms with van der Waals surface area (Å²) in [5.74, 6) is 0. The van der Waals surface area contributed by atoms with E-state index in [0.717, 1.165) is 5.57 Å². The molecule has 2 nitrogen and oxygen atoms in total. The van der Waals surface area contributed by atoms with Gasteiger partial charge in [-0.1, -0.05) is 6.58 Å². The second-order valence-electron chi connectivity index (χ2n) is 1.56. The Morgan fingerprint density at radius 3 is 2.14 bits per heavy atom. The van der Waals surface area contributed by atoms with Crippen molar-refractivity contribution < 1.29 is 9.47 Å². The van der Waals surface area contributed by atoms with Gasteiger partial charge in [0, 0.05) is 0 Å². The van der Waals surface area contributed by atoms with Crippen LogP contribution in [0.4, 0.5) is 0 Å². The monoisotopic (exact) mass is 100 g/mol. The third kappa shape index (κ3) is 1.29. The van der Waals surface area contributed by atoms with Crippen molar-refractivity contribution in [2.24, 2.45) is 0 Å². The standard InChI is InChI=1S/C5H8O2/c1-5-2-6-4-7-3-5/h1-4H2. The van der Waals surface area contributed by atoms with E-state index in [9.17, 15) is 0 Å². The van der Waals surface area contributed by atoms with Crippen molar-refractivity contribution in [1.82, 2.24) is 0 Å². The van der Waals surface area contributed by atoms with Crippen LogP contribution in [0.15, 0.2) is 12.2 Å². The largest absolute Gasteiger partial charge is 0.351 e. The minimum atomic E-state index is 0.430. The van der Waals surface area contributed by atoms with E-state index in [4.69, 9.17) is 9.47 Å². The Bertz CT molecular complexity index is 70.1. The normalized spacial score (nSPS) is 22.6. The maximum atomic E-state index is 4.86. The van der Waals surface area contributed by atoms with Gasteiger partial charge in [-0.25, -0.2) is 0 Å². The molecule has 1 aliphatic heterocycles. The highest BCUT2D eigenvalue weighted by Gasteiger charge is 2.00. The van der Waals surface area contributed by atoms with Gasteiger partial charge in [-0.15, -0.1) is 0 Å². The first kappa shape index (κ1) is 4.81. The van der Waals surface area contributed by atoms with Crippen LogP contribution in [0, 0.1) is 0 Å². The molecule has 0 unspecified atom stereocenters. The summed E-state index contributed by atoms with van der Waals surface area (Å²) in [5.41, 5.74) is 1.02. The average Bonchev–Trinajstić information content (AvgIpc) is 1.69. The van der Waals surface area contributed by atoms with Crippen LogP contribution >= 0.6 is 0 Å². The van der Waals surface area contributed by atoms with Gasteiger partial charge in [0.15, 0.2) is 0 Å². The molecule has 7 heavy (non-hydrogen) atoms. The predicted molar refractivity (Wildman–Crippen MR) is 25.9 cm³/mol. The smallest absolute Gasteiger partial charge is 0.147 e. The minimum absolute atomic E-state index is 0.430. The summed E-state index contributed by atoms with van der Waals surface area (Å²) in [7, 11) is 0. The number of hydrogen-bond donors (Lipinski definition) is 0. The topological polar surface area (TPSA) is 18.5 Å². The van der Waals surface area contributed by atoms with Crippen molar-refractivity contribution in [3.63, 3.8) is 0 Å². The van der Waals surface area contributed by atoms with Crippen molar-refractivity contribution in [2.75, 3.05) is 20.0 Å². The highest BCUT2D eigenvalue weighted by Crippen LogP contribution is 1.98. The van der Waals surface area contributed by atoms with Gasteiger partial charge < -0.3 is 9.47 Å². The van der Waals surface area contributed by atoms with Crippen molar-refractivity contribution in [3.8, 4) is 0 Å². The number of hydrogen-bond acceptors (Lipinski definition) is 2. The molecule has 0 aromatic rings. The summed E-state index contributed by atoms with van der Waals surface area (Å²) >= 11 is 0. The van der Waals surface area contributed by atoms with Crippen LogP contribution in [-0.4, -0.2) is 20.0 Å². The summed E-state index contributed by atoms with van der Waals surface area (Å²) in [6, 6.07) is 0. The van der Waals surface area contributed by atoms with Crippen LogP contribution in [0.1, 0.15) is 0 Å². The van der Waals surface area contributed by atoms with Gasteiger partial charge in [-0.05, 0) is 5.57 Å². The van der Waals surface area contributed by atoms with Crippen LogP contribution in [0.5, 0.6) is 0 Å². The van der Waals surface area contributed by atoms with Crippen LogP contribution in [0.2, 0.25) is 0 Å². The van der Waals surface area contributed by atoms with Gasteiger partial charge in [0.25, 0.3) is 0 Å². The summed E-state index contributed by atoms with van der Waals surface area (Å²) < 4.78 is 9.72. The highest BCUT2D eigenvalue weighted by atomic mass is 16.7. The maximum Gasteiger partial charge on any atom is 0.147 e. The molecular formula is C5H8O2.